The summed E-state index contributed by atoms with van der Waals surface area (Å²) in [7, 11) is 0. The second-order valence-corrected chi connectivity index (χ2v) is 4.51. The second kappa shape index (κ2) is 7.47. The Morgan fingerprint density at radius 3 is 2.60 bits per heavy atom. The Morgan fingerprint density at radius 2 is 2.05 bits per heavy atom. The third-order valence-corrected chi connectivity index (χ3v) is 2.82. The van der Waals surface area contributed by atoms with Gasteiger partial charge in [-0.1, -0.05) is 25.1 Å². The molecule has 5 nitrogen and oxygen atoms in total. The molecule has 0 spiro atoms. The highest BCUT2D eigenvalue weighted by Gasteiger charge is 2.19. The summed E-state index contributed by atoms with van der Waals surface area (Å²) < 4.78 is 13.6. The minimum atomic E-state index is -1.08. The number of aliphatic carboxylic acids is 1. The molecule has 1 aromatic carbocycles. The van der Waals surface area contributed by atoms with Crippen LogP contribution >= 0.6 is 0 Å². The van der Waals surface area contributed by atoms with E-state index in [1.165, 1.54) is 11.0 Å². The molecule has 0 saturated heterocycles. The zero-order valence-electron chi connectivity index (χ0n) is 11.6. The number of carbonyl (C=O) groups excluding carboxylic acids is 1. The van der Waals surface area contributed by atoms with Gasteiger partial charge in [0.15, 0.2) is 0 Å². The number of nitrogens with one attached hydrogen (secondary N) is 1. The Labute approximate surface area is 117 Å². The summed E-state index contributed by atoms with van der Waals surface area (Å²) in [6.45, 7) is 3.47. The van der Waals surface area contributed by atoms with E-state index in [1.807, 2.05) is 6.92 Å². The number of hydrogen-bond donors (Lipinski definition) is 2. The highest BCUT2D eigenvalue weighted by molar-refractivity contribution is 5.80. The van der Waals surface area contributed by atoms with Gasteiger partial charge in [-0.25, -0.2) is 9.18 Å². The molecule has 0 aromatic heterocycles. The van der Waals surface area contributed by atoms with Crippen LogP contribution in [-0.4, -0.2) is 35.1 Å². The first-order valence-electron chi connectivity index (χ1n) is 6.47. The van der Waals surface area contributed by atoms with Crippen LogP contribution in [0.15, 0.2) is 24.3 Å². The molecule has 1 aromatic rings. The van der Waals surface area contributed by atoms with Crippen molar-refractivity contribution in [2.45, 2.75) is 26.3 Å². The van der Waals surface area contributed by atoms with Crippen molar-refractivity contribution in [3.8, 4) is 0 Å². The van der Waals surface area contributed by atoms with Crippen LogP contribution in [0.25, 0.3) is 0 Å². The Kier molecular flexibility index (Phi) is 5.96. The fraction of sp³-hybridized carbons (Fsp3) is 0.429. The van der Waals surface area contributed by atoms with Gasteiger partial charge in [0.2, 0.25) is 0 Å². The molecule has 0 aliphatic rings. The van der Waals surface area contributed by atoms with Gasteiger partial charge >= 0.3 is 12.0 Å². The van der Waals surface area contributed by atoms with Gasteiger partial charge in [-0.15, -0.1) is 0 Å². The number of carboxylic acids is 1. The van der Waals surface area contributed by atoms with E-state index in [0.717, 1.165) is 0 Å². The molecule has 0 fully saturated rings. The van der Waals surface area contributed by atoms with Crippen molar-refractivity contribution in [3.05, 3.63) is 35.6 Å². The summed E-state index contributed by atoms with van der Waals surface area (Å²) in [5, 5.41) is 11.4. The summed E-state index contributed by atoms with van der Waals surface area (Å²) in [6, 6.07) is 5.12. The monoisotopic (exact) mass is 282 g/mol. The average molecular weight is 282 g/mol. The number of rotatable bonds is 6. The van der Waals surface area contributed by atoms with Crippen molar-refractivity contribution >= 4 is 12.0 Å². The van der Waals surface area contributed by atoms with E-state index in [4.69, 9.17) is 5.11 Å². The van der Waals surface area contributed by atoms with E-state index in [-0.39, 0.29) is 6.54 Å². The topological polar surface area (TPSA) is 69.6 Å². The maximum Gasteiger partial charge on any atom is 0.323 e. The third kappa shape index (κ3) is 4.53. The van der Waals surface area contributed by atoms with Crippen LogP contribution < -0.4 is 5.32 Å². The predicted octanol–water partition coefficient (Wildman–Crippen LogP) is 2.39. The number of carbonyl (C=O) groups is 2. The quantitative estimate of drug-likeness (QED) is 0.841. The third-order valence-electron chi connectivity index (χ3n) is 2.82. The molecule has 110 valence electrons. The summed E-state index contributed by atoms with van der Waals surface area (Å²) in [4.78, 5) is 23.9. The van der Waals surface area contributed by atoms with Crippen molar-refractivity contribution in [3.63, 3.8) is 0 Å². The molecule has 6 heteroatoms. The smallest absolute Gasteiger partial charge is 0.323 e. The molecule has 0 radical (unpaired) electrons. The van der Waals surface area contributed by atoms with E-state index in [1.54, 1.807) is 25.1 Å². The average Bonchev–Trinajstić information content (AvgIpc) is 2.38. The van der Waals surface area contributed by atoms with Crippen LogP contribution in [0.1, 0.15) is 31.9 Å². The van der Waals surface area contributed by atoms with E-state index < -0.39 is 23.9 Å². The van der Waals surface area contributed by atoms with Crippen LogP contribution in [-0.2, 0) is 4.79 Å². The van der Waals surface area contributed by atoms with Crippen LogP contribution in [0.4, 0.5) is 9.18 Å². The van der Waals surface area contributed by atoms with E-state index in [2.05, 4.69) is 5.32 Å². The van der Waals surface area contributed by atoms with Crippen LogP contribution in [0.3, 0.4) is 0 Å². The lowest BCUT2D eigenvalue weighted by Crippen LogP contribution is -2.44. The maximum atomic E-state index is 13.6. The molecule has 2 N–H and O–H groups in total. The molecule has 0 heterocycles. The molecule has 0 aliphatic carbocycles. The van der Waals surface area contributed by atoms with Gasteiger partial charge in [-0.3, -0.25) is 4.79 Å². The molecule has 0 saturated carbocycles. The summed E-state index contributed by atoms with van der Waals surface area (Å²) >= 11 is 0. The number of halogens is 1. The van der Waals surface area contributed by atoms with Crippen molar-refractivity contribution in [1.82, 2.24) is 10.2 Å². The number of hydrogen-bond acceptors (Lipinski definition) is 2. The molecule has 1 atom stereocenters. The number of urea groups is 1. The number of amides is 2. The lowest BCUT2D eigenvalue weighted by Gasteiger charge is -2.23. The SMILES string of the molecule is CCCN(CC(=O)O)C(=O)NC(C)c1ccccc1F. The number of carboxylic acid groups (broad SMARTS) is 1. The summed E-state index contributed by atoms with van der Waals surface area (Å²) in [6.07, 6.45) is 0.648. The van der Waals surface area contributed by atoms with Crippen molar-refractivity contribution in [2.75, 3.05) is 13.1 Å². The van der Waals surface area contributed by atoms with Gasteiger partial charge in [0.05, 0.1) is 6.04 Å². The predicted molar refractivity (Wildman–Crippen MR) is 72.8 cm³/mol. The zero-order chi connectivity index (χ0) is 15.1. The van der Waals surface area contributed by atoms with Gasteiger partial charge in [0.1, 0.15) is 12.4 Å². The first-order chi connectivity index (χ1) is 9.45. The van der Waals surface area contributed by atoms with Crippen molar-refractivity contribution in [1.29, 1.82) is 0 Å². The van der Waals surface area contributed by atoms with Gasteiger partial charge in [0, 0.05) is 12.1 Å². The molecule has 1 rings (SSSR count). The van der Waals surface area contributed by atoms with Gasteiger partial charge in [-0.2, -0.15) is 0 Å². The highest BCUT2D eigenvalue weighted by Crippen LogP contribution is 2.16. The minimum Gasteiger partial charge on any atom is -0.480 e. The molecular weight excluding hydrogens is 263 g/mol. The lowest BCUT2D eigenvalue weighted by atomic mass is 10.1. The Bertz CT molecular complexity index is 479. The molecule has 20 heavy (non-hydrogen) atoms. The molecule has 2 amide bonds. The maximum absolute atomic E-state index is 13.6. The molecule has 1 unspecified atom stereocenters. The van der Waals surface area contributed by atoms with Crippen LogP contribution in [0, 0.1) is 5.82 Å². The van der Waals surface area contributed by atoms with E-state index >= 15 is 0 Å². The Morgan fingerprint density at radius 1 is 1.40 bits per heavy atom. The summed E-state index contributed by atoms with van der Waals surface area (Å²) in [5.41, 5.74) is 0.368. The largest absolute Gasteiger partial charge is 0.480 e. The highest BCUT2D eigenvalue weighted by atomic mass is 19.1. The molecule has 0 bridgehead atoms. The van der Waals surface area contributed by atoms with E-state index in [9.17, 15) is 14.0 Å². The first kappa shape index (κ1) is 15.9. The normalized spacial score (nSPS) is 11.8. The van der Waals surface area contributed by atoms with Crippen molar-refractivity contribution < 1.29 is 19.1 Å². The first-order valence-corrected chi connectivity index (χ1v) is 6.47. The fourth-order valence-electron chi connectivity index (χ4n) is 1.87. The van der Waals surface area contributed by atoms with Crippen LogP contribution in [0.2, 0.25) is 0 Å². The standard InChI is InChI=1S/C14H19FN2O3/c1-3-8-17(9-13(18)19)14(20)16-10(2)11-6-4-5-7-12(11)15/h4-7,10H,3,8-9H2,1-2H3,(H,16,20)(H,18,19). The van der Waals surface area contributed by atoms with Gasteiger partial charge in [-0.05, 0) is 19.4 Å². The number of nitrogens with zero attached hydrogens (tertiary/aromatic N) is 1. The lowest BCUT2D eigenvalue weighted by molar-refractivity contribution is -0.137. The molecular formula is C14H19FN2O3. The Balaban J connectivity index is 2.72. The Hall–Kier alpha value is -2.11. The number of benzene rings is 1. The minimum absolute atomic E-state index is 0.335. The summed E-state index contributed by atoms with van der Waals surface area (Å²) in [5.74, 6) is -1.48. The fourth-order valence-corrected chi connectivity index (χ4v) is 1.87. The second-order valence-electron chi connectivity index (χ2n) is 4.51. The van der Waals surface area contributed by atoms with Gasteiger partial charge in [0.25, 0.3) is 0 Å². The van der Waals surface area contributed by atoms with E-state index in [0.29, 0.717) is 18.5 Å². The zero-order valence-corrected chi connectivity index (χ0v) is 11.6. The van der Waals surface area contributed by atoms with Crippen molar-refractivity contribution in [2.24, 2.45) is 0 Å². The van der Waals surface area contributed by atoms with Gasteiger partial charge < -0.3 is 15.3 Å². The molecule has 0 aliphatic heterocycles. The van der Waals surface area contributed by atoms with Crippen LogP contribution in [0.5, 0.6) is 0 Å².